The molecule has 3 rings (SSSR count). The van der Waals surface area contributed by atoms with Crippen LogP contribution in [0.3, 0.4) is 0 Å². The lowest BCUT2D eigenvalue weighted by atomic mass is 10.0. The minimum atomic E-state index is -0.0646. The van der Waals surface area contributed by atoms with Gasteiger partial charge in [0.2, 0.25) is 0 Å². The standard InChI is InChI=1S/C17H25NO2/c1-17(2)10-13-6-5-7-14(16(13)20-17)11-18-12-15-8-3-4-9-19-15/h5-7,15,18H,3-4,8-12H2,1-2H3. The Morgan fingerprint density at radius 1 is 1.30 bits per heavy atom. The summed E-state index contributed by atoms with van der Waals surface area (Å²) in [5.41, 5.74) is 2.54. The van der Waals surface area contributed by atoms with Gasteiger partial charge in [-0.05, 0) is 38.7 Å². The molecule has 2 aliphatic heterocycles. The van der Waals surface area contributed by atoms with Gasteiger partial charge in [0.1, 0.15) is 11.4 Å². The molecule has 2 aliphatic rings. The monoisotopic (exact) mass is 275 g/mol. The van der Waals surface area contributed by atoms with Crippen LogP contribution in [0.15, 0.2) is 18.2 Å². The Labute approximate surface area is 121 Å². The third-order valence-corrected chi connectivity index (χ3v) is 4.13. The van der Waals surface area contributed by atoms with E-state index in [0.29, 0.717) is 6.10 Å². The highest BCUT2D eigenvalue weighted by atomic mass is 16.5. The van der Waals surface area contributed by atoms with Gasteiger partial charge >= 0.3 is 0 Å². The lowest BCUT2D eigenvalue weighted by molar-refractivity contribution is 0.0167. The van der Waals surface area contributed by atoms with Crippen LogP contribution in [0.1, 0.15) is 44.2 Å². The summed E-state index contributed by atoms with van der Waals surface area (Å²) in [5, 5.41) is 3.52. The maximum atomic E-state index is 6.10. The SMILES string of the molecule is CC1(C)Cc2cccc(CNCC3CCCCO3)c2O1. The van der Waals surface area contributed by atoms with Crippen molar-refractivity contribution in [2.24, 2.45) is 0 Å². The molecule has 3 nitrogen and oxygen atoms in total. The molecule has 3 heteroatoms. The highest BCUT2D eigenvalue weighted by molar-refractivity contribution is 5.45. The van der Waals surface area contributed by atoms with Crippen LogP contribution in [0.4, 0.5) is 0 Å². The van der Waals surface area contributed by atoms with Crippen LogP contribution >= 0.6 is 0 Å². The topological polar surface area (TPSA) is 30.5 Å². The summed E-state index contributed by atoms with van der Waals surface area (Å²) in [6, 6.07) is 6.48. The Kier molecular flexibility index (Phi) is 3.99. The molecule has 1 unspecified atom stereocenters. The van der Waals surface area contributed by atoms with E-state index in [1.165, 1.54) is 30.4 Å². The Balaban J connectivity index is 1.57. The minimum Gasteiger partial charge on any atom is -0.487 e. The van der Waals surface area contributed by atoms with Gasteiger partial charge < -0.3 is 14.8 Å². The van der Waals surface area contributed by atoms with Gasteiger partial charge in [-0.2, -0.15) is 0 Å². The molecule has 110 valence electrons. The van der Waals surface area contributed by atoms with Crippen molar-refractivity contribution < 1.29 is 9.47 Å². The predicted molar refractivity (Wildman–Crippen MR) is 80.2 cm³/mol. The number of benzene rings is 1. The van der Waals surface area contributed by atoms with Crippen LogP contribution < -0.4 is 10.1 Å². The Morgan fingerprint density at radius 2 is 2.20 bits per heavy atom. The fourth-order valence-electron chi connectivity index (χ4n) is 3.15. The van der Waals surface area contributed by atoms with E-state index >= 15 is 0 Å². The first-order valence-corrected chi connectivity index (χ1v) is 7.76. The van der Waals surface area contributed by atoms with E-state index in [-0.39, 0.29) is 5.60 Å². The average Bonchev–Trinajstić information content (AvgIpc) is 2.75. The third-order valence-electron chi connectivity index (χ3n) is 4.13. The number of para-hydroxylation sites is 1. The van der Waals surface area contributed by atoms with Crippen molar-refractivity contribution in [2.45, 2.75) is 57.8 Å². The summed E-state index contributed by atoms with van der Waals surface area (Å²) < 4.78 is 11.8. The van der Waals surface area contributed by atoms with Crippen LogP contribution in [0, 0.1) is 0 Å². The van der Waals surface area contributed by atoms with Crippen molar-refractivity contribution in [3.63, 3.8) is 0 Å². The average molecular weight is 275 g/mol. The summed E-state index contributed by atoms with van der Waals surface area (Å²) >= 11 is 0. The second kappa shape index (κ2) is 5.74. The van der Waals surface area contributed by atoms with E-state index in [1.54, 1.807) is 0 Å². The molecule has 0 aliphatic carbocycles. The molecule has 0 aromatic heterocycles. The molecule has 20 heavy (non-hydrogen) atoms. The van der Waals surface area contributed by atoms with Crippen molar-refractivity contribution in [2.75, 3.05) is 13.2 Å². The minimum absolute atomic E-state index is 0.0646. The molecular weight excluding hydrogens is 250 g/mol. The largest absolute Gasteiger partial charge is 0.487 e. The van der Waals surface area contributed by atoms with Gasteiger partial charge in [0.25, 0.3) is 0 Å². The van der Waals surface area contributed by atoms with Gasteiger partial charge in [0.05, 0.1) is 6.10 Å². The fraction of sp³-hybridized carbons (Fsp3) is 0.647. The van der Waals surface area contributed by atoms with Gasteiger partial charge in [0, 0.05) is 31.7 Å². The zero-order chi connectivity index (χ0) is 14.0. The van der Waals surface area contributed by atoms with Gasteiger partial charge in [-0.3, -0.25) is 0 Å². The number of hydrogen-bond acceptors (Lipinski definition) is 3. The maximum Gasteiger partial charge on any atom is 0.127 e. The highest BCUT2D eigenvalue weighted by Crippen LogP contribution is 2.37. The molecule has 1 aromatic carbocycles. The second-order valence-corrected chi connectivity index (χ2v) is 6.56. The van der Waals surface area contributed by atoms with Crippen molar-refractivity contribution in [1.29, 1.82) is 0 Å². The molecule has 2 heterocycles. The summed E-state index contributed by atoms with van der Waals surface area (Å²) in [6.07, 6.45) is 5.08. The molecule has 1 aromatic rings. The number of ether oxygens (including phenoxy) is 2. The normalized spacial score (nSPS) is 24.2. The molecule has 0 spiro atoms. The molecule has 0 amide bonds. The van der Waals surface area contributed by atoms with E-state index in [0.717, 1.165) is 31.9 Å². The quantitative estimate of drug-likeness (QED) is 0.916. The molecule has 1 N–H and O–H groups in total. The second-order valence-electron chi connectivity index (χ2n) is 6.56. The third kappa shape index (κ3) is 3.15. The zero-order valence-corrected chi connectivity index (χ0v) is 12.6. The molecule has 0 saturated carbocycles. The van der Waals surface area contributed by atoms with E-state index in [9.17, 15) is 0 Å². The lowest BCUT2D eigenvalue weighted by Gasteiger charge is -2.23. The molecule has 0 radical (unpaired) electrons. The number of fused-ring (bicyclic) bond motifs is 1. The van der Waals surface area contributed by atoms with Gasteiger partial charge in [0.15, 0.2) is 0 Å². The first-order valence-electron chi connectivity index (χ1n) is 7.76. The number of rotatable bonds is 4. The molecule has 0 bridgehead atoms. The van der Waals surface area contributed by atoms with E-state index in [1.807, 2.05) is 0 Å². The van der Waals surface area contributed by atoms with Crippen molar-refractivity contribution in [1.82, 2.24) is 5.32 Å². The Bertz CT molecular complexity index is 464. The van der Waals surface area contributed by atoms with Crippen molar-refractivity contribution in [3.8, 4) is 5.75 Å². The number of nitrogens with one attached hydrogen (secondary N) is 1. The van der Waals surface area contributed by atoms with E-state index in [4.69, 9.17) is 9.47 Å². The van der Waals surface area contributed by atoms with Crippen molar-refractivity contribution >= 4 is 0 Å². The summed E-state index contributed by atoms with van der Waals surface area (Å²) in [6.45, 7) is 7.02. The van der Waals surface area contributed by atoms with Crippen LogP contribution in [-0.4, -0.2) is 24.9 Å². The molecule has 1 saturated heterocycles. The van der Waals surface area contributed by atoms with Crippen LogP contribution in [-0.2, 0) is 17.7 Å². The lowest BCUT2D eigenvalue weighted by Crippen LogP contribution is -2.31. The molecular formula is C17H25NO2. The Hall–Kier alpha value is -1.06. The zero-order valence-electron chi connectivity index (χ0n) is 12.6. The fourth-order valence-corrected chi connectivity index (χ4v) is 3.15. The first-order chi connectivity index (χ1) is 9.64. The van der Waals surface area contributed by atoms with E-state index in [2.05, 4.69) is 37.4 Å². The smallest absolute Gasteiger partial charge is 0.127 e. The maximum absolute atomic E-state index is 6.10. The van der Waals surface area contributed by atoms with Gasteiger partial charge in [-0.15, -0.1) is 0 Å². The summed E-state index contributed by atoms with van der Waals surface area (Å²) in [4.78, 5) is 0. The summed E-state index contributed by atoms with van der Waals surface area (Å²) in [7, 11) is 0. The Morgan fingerprint density at radius 3 is 3.00 bits per heavy atom. The van der Waals surface area contributed by atoms with Crippen LogP contribution in [0.5, 0.6) is 5.75 Å². The van der Waals surface area contributed by atoms with Crippen LogP contribution in [0.25, 0.3) is 0 Å². The summed E-state index contributed by atoms with van der Waals surface area (Å²) in [5.74, 6) is 1.09. The highest BCUT2D eigenvalue weighted by Gasteiger charge is 2.31. The van der Waals surface area contributed by atoms with Gasteiger partial charge in [-0.25, -0.2) is 0 Å². The van der Waals surface area contributed by atoms with Crippen LogP contribution in [0.2, 0.25) is 0 Å². The number of hydrogen-bond donors (Lipinski definition) is 1. The predicted octanol–water partition coefficient (Wildman–Crippen LogP) is 3.06. The molecule has 1 atom stereocenters. The first kappa shape index (κ1) is 13.9. The van der Waals surface area contributed by atoms with Gasteiger partial charge in [-0.1, -0.05) is 18.2 Å². The van der Waals surface area contributed by atoms with Crippen molar-refractivity contribution in [3.05, 3.63) is 29.3 Å². The molecule has 1 fully saturated rings. The van der Waals surface area contributed by atoms with E-state index < -0.39 is 0 Å².